The molecule has 3 rings (SSSR count). The number of rotatable bonds is 8. The summed E-state index contributed by atoms with van der Waals surface area (Å²) in [5.74, 6) is 1.83. The lowest BCUT2D eigenvalue weighted by molar-refractivity contribution is -0.116. The predicted molar refractivity (Wildman–Crippen MR) is 135 cm³/mol. The second kappa shape index (κ2) is 13.3. The third-order valence-corrected chi connectivity index (χ3v) is 5.08. The average molecular weight is 537 g/mol. The van der Waals surface area contributed by atoms with Crippen molar-refractivity contribution in [2.75, 3.05) is 38.6 Å². The van der Waals surface area contributed by atoms with Crippen LogP contribution in [-0.4, -0.2) is 55.0 Å². The van der Waals surface area contributed by atoms with Gasteiger partial charge >= 0.3 is 0 Å². The first-order valence-corrected chi connectivity index (χ1v) is 10.4. The van der Waals surface area contributed by atoms with Crippen LogP contribution in [0.3, 0.4) is 0 Å². The molecule has 168 valence electrons. The van der Waals surface area contributed by atoms with E-state index in [4.69, 9.17) is 4.74 Å². The van der Waals surface area contributed by atoms with Crippen LogP contribution in [0.4, 0.5) is 5.82 Å². The van der Waals surface area contributed by atoms with Gasteiger partial charge in [-0.15, -0.1) is 24.0 Å². The monoisotopic (exact) mass is 537 g/mol. The smallest absolute Gasteiger partial charge is 0.227 e. The number of aliphatic imine (C=N–C) groups is 1. The summed E-state index contributed by atoms with van der Waals surface area (Å²) in [6.45, 7) is 5.73. The summed E-state index contributed by atoms with van der Waals surface area (Å²) >= 11 is 0. The summed E-state index contributed by atoms with van der Waals surface area (Å²) in [7, 11) is 1.78. The highest BCUT2D eigenvalue weighted by Crippen LogP contribution is 2.17. The number of nitrogens with one attached hydrogen (secondary N) is 2. The van der Waals surface area contributed by atoms with Crippen molar-refractivity contribution in [1.29, 1.82) is 0 Å². The maximum atomic E-state index is 12.1. The number of hydrogen-bond acceptors (Lipinski definition) is 4. The Hall–Kier alpha value is -2.20. The minimum atomic E-state index is -0.0667. The minimum Gasteiger partial charge on any atom is -0.376 e. The van der Waals surface area contributed by atoms with Crippen LogP contribution in [0.2, 0.25) is 0 Å². The number of carbonyl (C=O) groups is 1. The van der Waals surface area contributed by atoms with Crippen molar-refractivity contribution in [3.8, 4) is 0 Å². The van der Waals surface area contributed by atoms with E-state index in [2.05, 4.69) is 37.6 Å². The van der Waals surface area contributed by atoms with Gasteiger partial charge in [0, 0.05) is 45.2 Å². The summed E-state index contributed by atoms with van der Waals surface area (Å²) in [6, 6.07) is 14.0. The molecule has 31 heavy (non-hydrogen) atoms. The molecule has 1 aromatic carbocycles. The molecule has 2 aromatic rings. The zero-order valence-electron chi connectivity index (χ0n) is 18.2. The molecule has 0 bridgehead atoms. The second-order valence-electron chi connectivity index (χ2n) is 7.59. The fourth-order valence-electron chi connectivity index (χ4n) is 3.45. The number of guanidine groups is 1. The number of halogens is 1. The number of carbonyl (C=O) groups excluding carboxylic acids is 1. The minimum absolute atomic E-state index is 0. The molecule has 2 N–H and O–H groups in total. The lowest BCUT2D eigenvalue weighted by Crippen LogP contribution is -2.41. The third-order valence-electron chi connectivity index (χ3n) is 5.08. The Morgan fingerprint density at radius 3 is 2.77 bits per heavy atom. The van der Waals surface area contributed by atoms with Crippen molar-refractivity contribution < 1.29 is 9.53 Å². The summed E-state index contributed by atoms with van der Waals surface area (Å²) < 4.78 is 5.90. The van der Waals surface area contributed by atoms with Crippen molar-refractivity contribution in [3.63, 3.8) is 0 Å². The Kier molecular flexibility index (Phi) is 10.7. The Balaban J connectivity index is 0.00000341. The van der Waals surface area contributed by atoms with E-state index in [0.29, 0.717) is 31.3 Å². The van der Waals surface area contributed by atoms with Crippen LogP contribution in [0.5, 0.6) is 0 Å². The molecular formula is C23H32IN5O2. The fourth-order valence-corrected chi connectivity index (χ4v) is 3.45. The summed E-state index contributed by atoms with van der Waals surface area (Å²) in [4.78, 5) is 22.9. The van der Waals surface area contributed by atoms with E-state index in [1.165, 1.54) is 5.56 Å². The van der Waals surface area contributed by atoms with Gasteiger partial charge in [0.05, 0.1) is 13.2 Å². The Labute approximate surface area is 201 Å². The van der Waals surface area contributed by atoms with E-state index >= 15 is 0 Å². The van der Waals surface area contributed by atoms with Crippen LogP contribution in [0.1, 0.15) is 24.0 Å². The van der Waals surface area contributed by atoms with Gasteiger partial charge < -0.3 is 20.3 Å². The van der Waals surface area contributed by atoms with Crippen LogP contribution < -0.4 is 10.6 Å². The molecule has 0 aliphatic carbocycles. The fraction of sp³-hybridized carbons (Fsp3) is 0.435. The number of anilines is 1. The van der Waals surface area contributed by atoms with Gasteiger partial charge in [-0.3, -0.25) is 9.79 Å². The van der Waals surface area contributed by atoms with Crippen molar-refractivity contribution in [2.45, 2.75) is 26.4 Å². The first kappa shape index (κ1) is 25.1. The van der Waals surface area contributed by atoms with Crippen LogP contribution in [0.15, 0.2) is 53.7 Å². The number of aryl methyl sites for hydroxylation is 1. The van der Waals surface area contributed by atoms with Gasteiger partial charge in [-0.1, -0.05) is 36.4 Å². The van der Waals surface area contributed by atoms with E-state index in [1.807, 2.05) is 37.3 Å². The van der Waals surface area contributed by atoms with Gasteiger partial charge in [0.15, 0.2) is 5.96 Å². The number of aromatic nitrogens is 1. The van der Waals surface area contributed by atoms with Crippen molar-refractivity contribution in [3.05, 3.63) is 59.8 Å². The van der Waals surface area contributed by atoms with Crippen LogP contribution in [0, 0.1) is 12.8 Å². The Morgan fingerprint density at radius 2 is 2.06 bits per heavy atom. The topological polar surface area (TPSA) is 78.8 Å². The van der Waals surface area contributed by atoms with Gasteiger partial charge in [-0.25, -0.2) is 4.98 Å². The molecule has 7 nitrogen and oxygen atoms in total. The molecule has 0 radical (unpaired) electrons. The number of hydrogen-bond donors (Lipinski definition) is 2. The number of amides is 1. The normalized spacial score (nSPS) is 16.0. The highest BCUT2D eigenvalue weighted by molar-refractivity contribution is 14.0. The number of benzene rings is 1. The zero-order chi connectivity index (χ0) is 21.2. The highest BCUT2D eigenvalue weighted by atomic mass is 127. The van der Waals surface area contributed by atoms with Crippen molar-refractivity contribution in [2.24, 2.45) is 10.9 Å². The first-order valence-electron chi connectivity index (χ1n) is 10.4. The van der Waals surface area contributed by atoms with Gasteiger partial charge in [-0.2, -0.15) is 0 Å². The molecule has 1 fully saturated rings. The van der Waals surface area contributed by atoms with Crippen LogP contribution in [0.25, 0.3) is 0 Å². The number of ether oxygens (including phenoxy) is 1. The van der Waals surface area contributed by atoms with Crippen molar-refractivity contribution in [1.82, 2.24) is 15.2 Å². The molecule has 8 heteroatoms. The molecule has 1 unspecified atom stereocenters. The summed E-state index contributed by atoms with van der Waals surface area (Å²) in [6.07, 6.45) is 3.17. The van der Waals surface area contributed by atoms with Gasteiger partial charge in [0.2, 0.25) is 5.91 Å². The molecule has 1 atom stereocenters. The number of nitrogens with zero attached hydrogens (tertiary/aromatic N) is 3. The molecular weight excluding hydrogens is 505 g/mol. The largest absolute Gasteiger partial charge is 0.376 e. The molecule has 1 aliphatic heterocycles. The van der Waals surface area contributed by atoms with Gasteiger partial charge in [-0.05, 0) is 30.5 Å². The number of likely N-dealkylation sites (tertiary alicyclic amines) is 1. The van der Waals surface area contributed by atoms with Crippen molar-refractivity contribution >= 4 is 41.7 Å². The second-order valence-corrected chi connectivity index (χ2v) is 7.59. The van der Waals surface area contributed by atoms with E-state index in [0.717, 1.165) is 37.6 Å². The first-order chi connectivity index (χ1) is 14.6. The lowest BCUT2D eigenvalue weighted by Gasteiger charge is -2.21. The zero-order valence-corrected chi connectivity index (χ0v) is 20.5. The Morgan fingerprint density at radius 1 is 1.26 bits per heavy atom. The molecule has 0 saturated carbocycles. The predicted octanol–water partition coefficient (Wildman–Crippen LogP) is 3.45. The SMILES string of the molecule is CN=C(NCCC(=O)Nc1ccc(C)cn1)N1CCC(COCc2ccccc2)C1.I. The van der Waals surface area contributed by atoms with E-state index in [9.17, 15) is 4.79 Å². The van der Waals surface area contributed by atoms with Gasteiger partial charge in [0.25, 0.3) is 0 Å². The molecule has 2 heterocycles. The van der Waals surface area contributed by atoms with E-state index in [1.54, 1.807) is 13.2 Å². The Bertz CT molecular complexity index is 830. The molecule has 1 saturated heterocycles. The average Bonchev–Trinajstić information content (AvgIpc) is 3.22. The molecule has 1 aliphatic rings. The van der Waals surface area contributed by atoms with Crippen LogP contribution >= 0.6 is 24.0 Å². The van der Waals surface area contributed by atoms with E-state index < -0.39 is 0 Å². The lowest BCUT2D eigenvalue weighted by atomic mass is 10.1. The third kappa shape index (κ3) is 8.45. The molecule has 1 aromatic heterocycles. The summed E-state index contributed by atoms with van der Waals surface area (Å²) in [5, 5.41) is 6.11. The maximum Gasteiger partial charge on any atom is 0.227 e. The van der Waals surface area contributed by atoms with E-state index in [-0.39, 0.29) is 29.9 Å². The standard InChI is InChI=1S/C23H31N5O2.HI/c1-18-8-9-21(26-14-18)27-22(29)10-12-25-23(24-2)28-13-11-20(15-28)17-30-16-19-6-4-3-5-7-19;/h3-9,14,20H,10-13,15-17H2,1-2H3,(H,24,25)(H,26,27,29);1H. The molecule has 0 spiro atoms. The summed E-state index contributed by atoms with van der Waals surface area (Å²) in [5.41, 5.74) is 2.26. The number of pyridine rings is 1. The van der Waals surface area contributed by atoms with Gasteiger partial charge in [0.1, 0.15) is 5.82 Å². The highest BCUT2D eigenvalue weighted by Gasteiger charge is 2.25. The quantitative estimate of drug-likeness (QED) is 0.307. The maximum absolute atomic E-state index is 12.1. The van der Waals surface area contributed by atoms with Crippen LogP contribution in [-0.2, 0) is 16.1 Å². The molecule has 1 amide bonds.